The predicted molar refractivity (Wildman–Crippen MR) is 116 cm³/mol. The van der Waals surface area contributed by atoms with Crippen molar-refractivity contribution >= 4 is 11.6 Å². The SMILES string of the molecule is COc1ccc(C2=C[C@H](c3ccc(OC)cc3)N(C(=O)C[NH+]3CCCCC3)N2)cc1. The van der Waals surface area contributed by atoms with Crippen molar-refractivity contribution in [1.29, 1.82) is 0 Å². The highest BCUT2D eigenvalue weighted by molar-refractivity contribution is 5.81. The zero-order chi connectivity index (χ0) is 20.9. The van der Waals surface area contributed by atoms with Crippen LogP contribution in [0.3, 0.4) is 0 Å². The molecule has 1 fully saturated rings. The number of methoxy groups -OCH3 is 2. The van der Waals surface area contributed by atoms with E-state index < -0.39 is 0 Å². The zero-order valence-corrected chi connectivity index (χ0v) is 17.7. The number of carbonyl (C=O) groups excluding carboxylic acids is 1. The van der Waals surface area contributed by atoms with E-state index in [-0.39, 0.29) is 11.9 Å². The van der Waals surface area contributed by atoms with Gasteiger partial charge in [-0.3, -0.25) is 10.2 Å². The molecule has 0 saturated carbocycles. The average Bonchev–Trinajstić information content (AvgIpc) is 3.25. The van der Waals surface area contributed by atoms with E-state index in [1.807, 2.05) is 48.5 Å². The fourth-order valence-electron chi connectivity index (χ4n) is 4.19. The fraction of sp³-hybridized carbons (Fsp3) is 0.375. The summed E-state index contributed by atoms with van der Waals surface area (Å²) in [6.45, 7) is 2.67. The summed E-state index contributed by atoms with van der Waals surface area (Å²) in [5, 5.41) is 1.78. The standard InChI is InChI=1S/C24H29N3O3/c1-29-20-10-6-18(7-11-20)22-16-23(19-8-12-21(30-2)13-9-19)27(25-22)24(28)17-26-14-4-3-5-15-26/h6-13,16,23,25H,3-5,14-15,17H2,1-2H3/p+1/t23-/m1/s1. The summed E-state index contributed by atoms with van der Waals surface area (Å²) in [6.07, 6.45) is 5.80. The van der Waals surface area contributed by atoms with Crippen LogP contribution in [0.4, 0.5) is 0 Å². The maximum Gasteiger partial charge on any atom is 0.296 e. The van der Waals surface area contributed by atoms with Crippen LogP contribution in [0, 0.1) is 0 Å². The average molecular weight is 409 g/mol. The Balaban J connectivity index is 1.58. The van der Waals surface area contributed by atoms with Crippen molar-refractivity contribution in [3.63, 3.8) is 0 Å². The molecule has 158 valence electrons. The summed E-state index contributed by atoms with van der Waals surface area (Å²) in [5.41, 5.74) is 6.37. The summed E-state index contributed by atoms with van der Waals surface area (Å²) in [7, 11) is 3.32. The van der Waals surface area contributed by atoms with Gasteiger partial charge in [-0.1, -0.05) is 12.1 Å². The van der Waals surface area contributed by atoms with Gasteiger partial charge in [0.1, 0.15) is 11.5 Å². The lowest BCUT2D eigenvalue weighted by atomic mass is 10.0. The molecule has 1 amide bonds. The summed E-state index contributed by atoms with van der Waals surface area (Å²) in [4.78, 5) is 14.6. The summed E-state index contributed by atoms with van der Waals surface area (Å²) < 4.78 is 10.6. The Morgan fingerprint density at radius 3 is 2.17 bits per heavy atom. The Kier molecular flexibility index (Phi) is 6.23. The van der Waals surface area contributed by atoms with Crippen LogP contribution in [-0.4, -0.2) is 44.8 Å². The molecule has 2 aromatic rings. The third-order valence-corrected chi connectivity index (χ3v) is 5.93. The third kappa shape index (κ3) is 4.44. The Hall–Kier alpha value is -2.99. The van der Waals surface area contributed by atoms with E-state index in [1.54, 1.807) is 19.2 Å². The highest BCUT2D eigenvalue weighted by Gasteiger charge is 2.33. The molecule has 1 saturated heterocycles. The molecule has 0 spiro atoms. The number of nitrogens with zero attached hydrogens (tertiary/aromatic N) is 1. The van der Waals surface area contributed by atoms with Crippen LogP contribution in [0.2, 0.25) is 0 Å². The molecule has 0 aromatic heterocycles. The number of rotatable bonds is 6. The number of likely N-dealkylation sites (tertiary alicyclic amines) is 1. The second kappa shape index (κ2) is 9.22. The zero-order valence-electron chi connectivity index (χ0n) is 17.7. The van der Waals surface area contributed by atoms with Crippen molar-refractivity contribution in [1.82, 2.24) is 10.4 Å². The molecule has 30 heavy (non-hydrogen) atoms. The molecular formula is C24H30N3O3+. The molecule has 2 aliphatic rings. The number of hydrogen-bond donors (Lipinski definition) is 2. The van der Waals surface area contributed by atoms with Gasteiger partial charge in [-0.25, -0.2) is 5.01 Å². The van der Waals surface area contributed by atoms with Gasteiger partial charge in [-0.05, 0) is 72.9 Å². The van der Waals surface area contributed by atoms with E-state index in [0.29, 0.717) is 6.54 Å². The molecule has 0 bridgehead atoms. The second-order valence-electron chi connectivity index (χ2n) is 7.89. The van der Waals surface area contributed by atoms with E-state index in [9.17, 15) is 4.79 Å². The van der Waals surface area contributed by atoms with Gasteiger partial charge in [0, 0.05) is 0 Å². The molecule has 0 unspecified atom stereocenters. The number of amides is 1. The first kappa shape index (κ1) is 20.3. The van der Waals surface area contributed by atoms with Crippen LogP contribution < -0.4 is 19.8 Å². The van der Waals surface area contributed by atoms with Gasteiger partial charge in [-0.15, -0.1) is 0 Å². The maximum absolute atomic E-state index is 13.3. The lowest BCUT2D eigenvalue weighted by molar-refractivity contribution is -0.897. The molecule has 6 nitrogen and oxygen atoms in total. The van der Waals surface area contributed by atoms with Crippen molar-refractivity contribution in [3.8, 4) is 11.5 Å². The van der Waals surface area contributed by atoms with Gasteiger partial charge in [0.15, 0.2) is 6.54 Å². The molecular weight excluding hydrogens is 378 g/mol. The topological polar surface area (TPSA) is 55.2 Å². The van der Waals surface area contributed by atoms with Gasteiger partial charge < -0.3 is 14.4 Å². The number of hydrogen-bond acceptors (Lipinski definition) is 4. The van der Waals surface area contributed by atoms with Crippen molar-refractivity contribution in [2.75, 3.05) is 33.9 Å². The van der Waals surface area contributed by atoms with E-state index in [1.165, 1.54) is 24.2 Å². The number of ether oxygens (including phenoxy) is 2. The number of quaternary nitrogens is 1. The monoisotopic (exact) mass is 408 g/mol. The van der Waals surface area contributed by atoms with Crippen molar-refractivity contribution in [2.24, 2.45) is 0 Å². The lowest BCUT2D eigenvalue weighted by Gasteiger charge is -2.29. The minimum Gasteiger partial charge on any atom is -0.497 e. The van der Waals surface area contributed by atoms with Crippen LogP contribution in [0.25, 0.3) is 5.70 Å². The Morgan fingerprint density at radius 1 is 0.967 bits per heavy atom. The maximum atomic E-state index is 13.3. The molecule has 2 aromatic carbocycles. The Labute approximate surface area is 178 Å². The summed E-state index contributed by atoms with van der Waals surface area (Å²) in [5.74, 6) is 1.73. The van der Waals surface area contributed by atoms with E-state index in [4.69, 9.17) is 9.47 Å². The highest BCUT2D eigenvalue weighted by Crippen LogP contribution is 2.32. The van der Waals surface area contributed by atoms with Gasteiger partial charge in [0.05, 0.1) is 39.0 Å². The van der Waals surface area contributed by atoms with Gasteiger partial charge in [0.25, 0.3) is 5.91 Å². The van der Waals surface area contributed by atoms with Crippen LogP contribution in [-0.2, 0) is 4.79 Å². The van der Waals surface area contributed by atoms with Crippen molar-refractivity contribution in [2.45, 2.75) is 25.3 Å². The number of benzene rings is 2. The van der Waals surface area contributed by atoms with E-state index >= 15 is 0 Å². The normalized spacial score (nSPS) is 19.2. The molecule has 0 aliphatic carbocycles. The van der Waals surface area contributed by atoms with E-state index in [2.05, 4.69) is 11.5 Å². The van der Waals surface area contributed by atoms with Crippen LogP contribution in [0.5, 0.6) is 11.5 Å². The summed E-state index contributed by atoms with van der Waals surface area (Å²) >= 11 is 0. The van der Waals surface area contributed by atoms with Gasteiger partial charge in [0.2, 0.25) is 0 Å². The number of nitrogens with one attached hydrogen (secondary N) is 2. The summed E-state index contributed by atoms with van der Waals surface area (Å²) in [6, 6.07) is 15.6. The smallest absolute Gasteiger partial charge is 0.296 e. The molecule has 2 N–H and O–H groups in total. The largest absolute Gasteiger partial charge is 0.497 e. The molecule has 4 rings (SSSR count). The van der Waals surface area contributed by atoms with Crippen LogP contribution in [0.1, 0.15) is 36.4 Å². The Morgan fingerprint density at radius 2 is 1.57 bits per heavy atom. The van der Waals surface area contributed by atoms with Gasteiger partial charge in [-0.2, -0.15) is 0 Å². The molecule has 2 aliphatic heterocycles. The first-order valence-electron chi connectivity index (χ1n) is 10.6. The molecule has 6 heteroatoms. The quantitative estimate of drug-likeness (QED) is 0.770. The molecule has 2 heterocycles. The lowest BCUT2D eigenvalue weighted by Crippen LogP contribution is -3.14. The number of hydrazine groups is 1. The Bertz CT molecular complexity index is 887. The predicted octanol–water partition coefficient (Wildman–Crippen LogP) is 2.20. The van der Waals surface area contributed by atoms with E-state index in [0.717, 1.165) is 41.4 Å². The highest BCUT2D eigenvalue weighted by atomic mass is 16.5. The van der Waals surface area contributed by atoms with Crippen molar-refractivity contribution in [3.05, 3.63) is 65.7 Å². The fourth-order valence-corrected chi connectivity index (χ4v) is 4.19. The minimum absolute atomic E-state index is 0.118. The third-order valence-electron chi connectivity index (χ3n) is 5.93. The second-order valence-corrected chi connectivity index (χ2v) is 7.89. The molecule has 1 atom stereocenters. The minimum atomic E-state index is -0.162. The molecule has 0 radical (unpaired) electrons. The van der Waals surface area contributed by atoms with Crippen LogP contribution in [0.15, 0.2) is 54.6 Å². The van der Waals surface area contributed by atoms with Crippen molar-refractivity contribution < 1.29 is 19.2 Å². The number of carbonyl (C=O) groups is 1. The van der Waals surface area contributed by atoms with Gasteiger partial charge >= 0.3 is 0 Å². The first-order chi connectivity index (χ1) is 14.7. The first-order valence-corrected chi connectivity index (χ1v) is 10.6. The number of piperidine rings is 1. The van der Waals surface area contributed by atoms with Crippen LogP contribution >= 0.6 is 0 Å².